The zero-order valence-corrected chi connectivity index (χ0v) is 19.8. The van der Waals surface area contributed by atoms with Gasteiger partial charge in [-0.3, -0.25) is 4.79 Å². The van der Waals surface area contributed by atoms with E-state index >= 15 is 0 Å². The summed E-state index contributed by atoms with van der Waals surface area (Å²) in [4.78, 5) is 13.2. The summed E-state index contributed by atoms with van der Waals surface area (Å²) in [7, 11) is 0. The minimum atomic E-state index is -0.245. The predicted octanol–water partition coefficient (Wildman–Crippen LogP) is 6.65. The van der Waals surface area contributed by atoms with Gasteiger partial charge in [0.05, 0.1) is 6.10 Å². The van der Waals surface area contributed by atoms with Gasteiger partial charge in [-0.2, -0.15) is 0 Å². The van der Waals surface area contributed by atoms with Crippen LogP contribution < -0.4 is 0 Å². The fraction of sp³-hybridized carbons (Fsp3) is 0.963. The highest BCUT2D eigenvalue weighted by Gasteiger charge is 2.62. The van der Waals surface area contributed by atoms with Crippen molar-refractivity contribution in [1.29, 1.82) is 0 Å². The van der Waals surface area contributed by atoms with E-state index in [0.29, 0.717) is 23.0 Å². The Labute approximate surface area is 179 Å². The fourth-order valence-corrected chi connectivity index (χ4v) is 9.04. The maximum atomic E-state index is 13.2. The van der Waals surface area contributed by atoms with E-state index in [9.17, 15) is 9.90 Å². The number of aliphatic hydroxyl groups is 1. The molecule has 0 aromatic rings. The molecular weight excluding hydrogens is 356 g/mol. The molecule has 29 heavy (non-hydrogen) atoms. The summed E-state index contributed by atoms with van der Waals surface area (Å²) in [6, 6.07) is 0. The van der Waals surface area contributed by atoms with Crippen LogP contribution in [0.25, 0.3) is 0 Å². The molecule has 2 nitrogen and oxygen atoms in total. The lowest BCUT2D eigenvalue weighted by atomic mass is 9.44. The Morgan fingerprint density at radius 2 is 1.66 bits per heavy atom. The molecule has 4 fully saturated rings. The number of Topliss-reactive ketones (excluding diaryl/α,β-unsaturated/α-hetero) is 1. The summed E-state index contributed by atoms with van der Waals surface area (Å²) in [5.41, 5.74) is 0.609. The molecule has 4 rings (SSSR count). The molecule has 166 valence electrons. The topological polar surface area (TPSA) is 37.3 Å². The summed E-state index contributed by atoms with van der Waals surface area (Å²) in [6.45, 7) is 12.2. The first-order chi connectivity index (χ1) is 13.7. The molecule has 0 saturated heterocycles. The van der Waals surface area contributed by atoms with Crippen molar-refractivity contribution in [2.75, 3.05) is 0 Å². The average Bonchev–Trinajstić information content (AvgIpc) is 3.00. The number of hydrogen-bond donors (Lipinski definition) is 1. The van der Waals surface area contributed by atoms with Gasteiger partial charge in [-0.05, 0) is 91.3 Å². The second kappa shape index (κ2) is 7.95. The van der Waals surface area contributed by atoms with Gasteiger partial charge in [-0.1, -0.05) is 53.9 Å². The molecule has 0 heterocycles. The van der Waals surface area contributed by atoms with E-state index in [2.05, 4.69) is 34.6 Å². The Hall–Kier alpha value is -0.370. The minimum absolute atomic E-state index is 0.129. The van der Waals surface area contributed by atoms with Gasteiger partial charge in [0.25, 0.3) is 0 Å². The Morgan fingerprint density at radius 3 is 2.38 bits per heavy atom. The largest absolute Gasteiger partial charge is 0.393 e. The van der Waals surface area contributed by atoms with Crippen molar-refractivity contribution in [2.45, 2.75) is 111 Å². The van der Waals surface area contributed by atoms with Crippen LogP contribution in [0, 0.1) is 52.3 Å². The van der Waals surface area contributed by atoms with Crippen molar-refractivity contribution < 1.29 is 9.90 Å². The summed E-state index contributed by atoms with van der Waals surface area (Å²) in [6.07, 6.45) is 12.8. The second-order valence-electron chi connectivity index (χ2n) is 12.6. The summed E-state index contributed by atoms with van der Waals surface area (Å²) in [5.74, 6) is 5.21. The molecule has 0 aromatic carbocycles. The standard InChI is InChI=1S/C27H46O2/c1-17(2)7-6-8-18(3)21-9-10-22-20-16-25(29)24-15-19(28)11-13-27(24,5)23(20)12-14-26(21,22)4/h17-24,28H,6-16H2,1-5H3/t18-,19?,20?,21?,22?,23?,24?,26-,27?/m1/s1. The molecule has 0 amide bonds. The van der Waals surface area contributed by atoms with E-state index in [1.165, 1.54) is 44.9 Å². The van der Waals surface area contributed by atoms with Crippen molar-refractivity contribution >= 4 is 5.78 Å². The third-order valence-electron chi connectivity index (χ3n) is 10.6. The number of fused-ring (bicyclic) bond motifs is 5. The molecular formula is C27H46O2. The third-order valence-corrected chi connectivity index (χ3v) is 10.6. The lowest BCUT2D eigenvalue weighted by Gasteiger charge is -2.60. The van der Waals surface area contributed by atoms with Crippen LogP contribution >= 0.6 is 0 Å². The number of carbonyl (C=O) groups is 1. The van der Waals surface area contributed by atoms with Gasteiger partial charge in [0.15, 0.2) is 0 Å². The Balaban J connectivity index is 1.50. The highest BCUT2D eigenvalue weighted by atomic mass is 16.3. The van der Waals surface area contributed by atoms with Gasteiger partial charge >= 0.3 is 0 Å². The van der Waals surface area contributed by atoms with E-state index in [1.807, 2.05) is 0 Å². The van der Waals surface area contributed by atoms with Crippen LogP contribution in [0.3, 0.4) is 0 Å². The van der Waals surface area contributed by atoms with Gasteiger partial charge in [0.2, 0.25) is 0 Å². The van der Waals surface area contributed by atoms with E-state index in [1.54, 1.807) is 0 Å². The maximum Gasteiger partial charge on any atom is 0.136 e. The predicted molar refractivity (Wildman–Crippen MR) is 119 cm³/mol. The Kier molecular flexibility index (Phi) is 5.99. The molecule has 9 atom stereocenters. The van der Waals surface area contributed by atoms with Gasteiger partial charge in [0.1, 0.15) is 5.78 Å². The lowest BCUT2D eigenvalue weighted by Crippen LogP contribution is -2.57. The number of hydrogen-bond acceptors (Lipinski definition) is 2. The van der Waals surface area contributed by atoms with Gasteiger partial charge in [-0.25, -0.2) is 0 Å². The zero-order chi connectivity index (χ0) is 21.0. The highest BCUT2D eigenvalue weighted by molar-refractivity contribution is 5.83. The van der Waals surface area contributed by atoms with E-state index in [0.717, 1.165) is 49.4 Å². The lowest BCUT2D eigenvalue weighted by molar-refractivity contribution is -0.160. The maximum absolute atomic E-state index is 13.2. The van der Waals surface area contributed by atoms with Crippen LogP contribution in [0.5, 0.6) is 0 Å². The molecule has 7 unspecified atom stereocenters. The molecule has 1 N–H and O–H groups in total. The monoisotopic (exact) mass is 402 g/mol. The Bertz CT molecular complexity index is 612. The first-order valence-electron chi connectivity index (χ1n) is 12.9. The number of ketones is 1. The Morgan fingerprint density at radius 1 is 0.966 bits per heavy atom. The van der Waals surface area contributed by atoms with Crippen LogP contribution in [-0.2, 0) is 4.79 Å². The first kappa shape index (κ1) is 21.8. The summed E-state index contributed by atoms with van der Waals surface area (Å²) in [5, 5.41) is 10.2. The molecule has 0 aliphatic heterocycles. The van der Waals surface area contributed by atoms with E-state index in [-0.39, 0.29) is 17.4 Å². The van der Waals surface area contributed by atoms with Crippen LogP contribution in [0.2, 0.25) is 0 Å². The van der Waals surface area contributed by atoms with Crippen LogP contribution in [0.15, 0.2) is 0 Å². The minimum Gasteiger partial charge on any atom is -0.393 e. The van der Waals surface area contributed by atoms with Crippen LogP contribution in [0.4, 0.5) is 0 Å². The van der Waals surface area contributed by atoms with Gasteiger partial charge in [-0.15, -0.1) is 0 Å². The first-order valence-corrected chi connectivity index (χ1v) is 12.9. The quantitative estimate of drug-likeness (QED) is 0.559. The highest BCUT2D eigenvalue weighted by Crippen LogP contribution is 2.67. The van der Waals surface area contributed by atoms with Gasteiger partial charge in [0, 0.05) is 12.3 Å². The SMILES string of the molecule is CC(C)CCC[C@@H](C)C1CCC2C3CC(=O)C4CC(O)CCC4(C)C3CC[C@@]21C. The number of aliphatic hydroxyl groups excluding tert-OH is 1. The fourth-order valence-electron chi connectivity index (χ4n) is 9.04. The summed E-state index contributed by atoms with van der Waals surface area (Å²) >= 11 is 0. The smallest absolute Gasteiger partial charge is 0.136 e. The van der Waals surface area contributed by atoms with Crippen molar-refractivity contribution in [3.63, 3.8) is 0 Å². The molecule has 2 heteroatoms. The normalized spacial score (nSPS) is 48.2. The van der Waals surface area contributed by atoms with Crippen LogP contribution in [-0.4, -0.2) is 17.0 Å². The third kappa shape index (κ3) is 3.64. The zero-order valence-electron chi connectivity index (χ0n) is 19.8. The van der Waals surface area contributed by atoms with E-state index in [4.69, 9.17) is 0 Å². The number of carbonyl (C=O) groups excluding carboxylic acids is 1. The summed E-state index contributed by atoms with van der Waals surface area (Å²) < 4.78 is 0. The van der Waals surface area contributed by atoms with Crippen molar-refractivity contribution in [3.8, 4) is 0 Å². The van der Waals surface area contributed by atoms with Gasteiger partial charge < -0.3 is 5.11 Å². The average molecular weight is 403 g/mol. The van der Waals surface area contributed by atoms with Crippen LogP contribution in [0.1, 0.15) is 105 Å². The molecule has 0 radical (unpaired) electrons. The van der Waals surface area contributed by atoms with Crippen molar-refractivity contribution in [1.82, 2.24) is 0 Å². The molecule has 4 aliphatic rings. The molecule has 0 bridgehead atoms. The molecule has 0 aromatic heterocycles. The number of rotatable bonds is 5. The van der Waals surface area contributed by atoms with Crippen molar-refractivity contribution in [2.24, 2.45) is 52.3 Å². The molecule has 0 spiro atoms. The second-order valence-corrected chi connectivity index (χ2v) is 12.6. The molecule has 4 aliphatic carbocycles. The molecule has 4 saturated carbocycles. The van der Waals surface area contributed by atoms with Crippen molar-refractivity contribution in [3.05, 3.63) is 0 Å². The van der Waals surface area contributed by atoms with E-state index < -0.39 is 0 Å².